The van der Waals surface area contributed by atoms with Gasteiger partial charge in [-0.1, -0.05) is 13.8 Å². The highest BCUT2D eigenvalue weighted by atomic mass is 16.5. The Labute approximate surface area is 109 Å². The van der Waals surface area contributed by atoms with Crippen LogP contribution < -0.4 is 5.73 Å². The van der Waals surface area contributed by atoms with Gasteiger partial charge in [-0.2, -0.15) is 0 Å². The van der Waals surface area contributed by atoms with E-state index in [4.69, 9.17) is 10.5 Å². The summed E-state index contributed by atoms with van der Waals surface area (Å²) in [6.07, 6.45) is 3.99. The number of carbonyl (C=O) groups excluding carboxylic acids is 1. The molecule has 0 aliphatic carbocycles. The Morgan fingerprint density at radius 3 is 2.33 bits per heavy atom. The van der Waals surface area contributed by atoms with Crippen LogP contribution in [0, 0.1) is 17.8 Å². The molecule has 3 saturated heterocycles. The number of ether oxygens (including phenoxy) is 1. The zero-order chi connectivity index (χ0) is 12.9. The first-order chi connectivity index (χ1) is 8.56. The molecule has 102 valence electrons. The Kier molecular flexibility index (Phi) is 3.10. The number of hydrogen-bond donors (Lipinski definition) is 1. The fourth-order valence-electron chi connectivity index (χ4n) is 3.98. The van der Waals surface area contributed by atoms with E-state index >= 15 is 0 Å². The summed E-state index contributed by atoms with van der Waals surface area (Å²) in [5.74, 6) is 1.79. The van der Waals surface area contributed by atoms with E-state index in [9.17, 15) is 4.79 Å². The molecule has 0 saturated carbocycles. The van der Waals surface area contributed by atoms with E-state index < -0.39 is 0 Å². The first-order valence-corrected chi connectivity index (χ1v) is 7.26. The fraction of sp³-hybridized carbons (Fsp3) is 0.929. The molecule has 3 aliphatic heterocycles. The highest BCUT2D eigenvalue weighted by Gasteiger charge is 2.53. The number of rotatable bonds is 3. The van der Waals surface area contributed by atoms with Crippen LogP contribution in [0.1, 0.15) is 33.1 Å². The third kappa shape index (κ3) is 1.95. The standard InChI is InChI=1S/C14H24N2O2/c1-8(2)5-11(15)14(17)16-6-9-10(7-16)13-4-3-12(9)18-13/h8-13H,3-7,15H2,1-2H3/t9?,10?,11-,12?,13?/m0/s1. The van der Waals surface area contributed by atoms with E-state index in [-0.39, 0.29) is 11.9 Å². The van der Waals surface area contributed by atoms with Gasteiger partial charge in [0, 0.05) is 24.9 Å². The molecule has 18 heavy (non-hydrogen) atoms. The van der Waals surface area contributed by atoms with Crippen LogP contribution in [0.5, 0.6) is 0 Å². The second-order valence-electron chi connectivity index (χ2n) is 6.60. The molecule has 0 radical (unpaired) electrons. The van der Waals surface area contributed by atoms with Crippen LogP contribution in [0.4, 0.5) is 0 Å². The van der Waals surface area contributed by atoms with Crippen LogP contribution in [0.2, 0.25) is 0 Å². The average molecular weight is 252 g/mol. The highest BCUT2D eigenvalue weighted by molar-refractivity contribution is 5.82. The van der Waals surface area contributed by atoms with Crippen molar-refractivity contribution in [3.05, 3.63) is 0 Å². The van der Waals surface area contributed by atoms with Gasteiger partial charge in [0.05, 0.1) is 18.2 Å². The van der Waals surface area contributed by atoms with Crippen molar-refractivity contribution < 1.29 is 9.53 Å². The van der Waals surface area contributed by atoms with Gasteiger partial charge >= 0.3 is 0 Å². The number of amides is 1. The Morgan fingerprint density at radius 1 is 1.28 bits per heavy atom. The molecule has 4 unspecified atom stereocenters. The van der Waals surface area contributed by atoms with Gasteiger partial charge in [0.25, 0.3) is 0 Å². The fourth-order valence-corrected chi connectivity index (χ4v) is 3.98. The molecule has 4 heteroatoms. The number of fused-ring (bicyclic) bond motifs is 5. The molecule has 3 fully saturated rings. The second-order valence-corrected chi connectivity index (χ2v) is 6.60. The molecule has 3 aliphatic rings. The van der Waals surface area contributed by atoms with Crippen LogP contribution in [-0.4, -0.2) is 42.1 Å². The van der Waals surface area contributed by atoms with Gasteiger partial charge in [0.15, 0.2) is 0 Å². The van der Waals surface area contributed by atoms with Crippen molar-refractivity contribution in [2.45, 2.75) is 51.4 Å². The smallest absolute Gasteiger partial charge is 0.239 e. The van der Waals surface area contributed by atoms with E-state index in [1.54, 1.807) is 0 Å². The van der Waals surface area contributed by atoms with Gasteiger partial charge < -0.3 is 15.4 Å². The minimum atomic E-state index is -0.317. The molecule has 4 nitrogen and oxygen atoms in total. The maximum atomic E-state index is 12.3. The molecular weight excluding hydrogens is 228 g/mol. The van der Waals surface area contributed by atoms with Crippen LogP contribution in [0.25, 0.3) is 0 Å². The minimum absolute atomic E-state index is 0.150. The van der Waals surface area contributed by atoms with E-state index in [0.717, 1.165) is 19.5 Å². The summed E-state index contributed by atoms with van der Waals surface area (Å²) in [7, 11) is 0. The summed E-state index contributed by atoms with van der Waals surface area (Å²) < 4.78 is 5.92. The van der Waals surface area contributed by atoms with Crippen LogP contribution >= 0.6 is 0 Å². The summed E-state index contributed by atoms with van der Waals surface area (Å²) >= 11 is 0. The van der Waals surface area contributed by atoms with Gasteiger partial charge in [0.1, 0.15) is 0 Å². The number of hydrogen-bond acceptors (Lipinski definition) is 3. The third-order valence-corrected chi connectivity index (χ3v) is 4.81. The zero-order valence-corrected chi connectivity index (χ0v) is 11.3. The van der Waals surface area contributed by atoms with E-state index in [1.165, 1.54) is 12.8 Å². The molecule has 3 rings (SSSR count). The molecule has 2 bridgehead atoms. The maximum Gasteiger partial charge on any atom is 0.239 e. The van der Waals surface area contributed by atoms with Crippen molar-refractivity contribution in [2.24, 2.45) is 23.5 Å². The third-order valence-electron chi connectivity index (χ3n) is 4.81. The summed E-state index contributed by atoms with van der Waals surface area (Å²) in [5, 5.41) is 0. The summed E-state index contributed by atoms with van der Waals surface area (Å²) in [4.78, 5) is 14.3. The predicted molar refractivity (Wildman–Crippen MR) is 68.9 cm³/mol. The zero-order valence-electron chi connectivity index (χ0n) is 11.3. The second kappa shape index (κ2) is 4.49. The van der Waals surface area contributed by atoms with Crippen LogP contribution in [0.3, 0.4) is 0 Å². The van der Waals surface area contributed by atoms with Crippen molar-refractivity contribution in [1.82, 2.24) is 4.90 Å². The Balaban J connectivity index is 1.61. The topological polar surface area (TPSA) is 55.6 Å². The molecule has 1 amide bonds. The Bertz CT molecular complexity index is 327. The molecular formula is C14H24N2O2. The lowest BCUT2D eigenvalue weighted by Crippen LogP contribution is -2.44. The number of nitrogens with two attached hydrogens (primary N) is 1. The largest absolute Gasteiger partial charge is 0.374 e. The molecule has 0 spiro atoms. The number of likely N-dealkylation sites (tertiary alicyclic amines) is 1. The van der Waals surface area contributed by atoms with E-state index in [2.05, 4.69) is 13.8 Å². The monoisotopic (exact) mass is 252 g/mol. The molecule has 0 aromatic carbocycles. The van der Waals surface area contributed by atoms with Gasteiger partial charge in [0.2, 0.25) is 5.91 Å². The van der Waals surface area contributed by atoms with Crippen molar-refractivity contribution in [3.8, 4) is 0 Å². The van der Waals surface area contributed by atoms with E-state index in [1.807, 2.05) is 4.90 Å². The Morgan fingerprint density at radius 2 is 1.83 bits per heavy atom. The van der Waals surface area contributed by atoms with E-state index in [0.29, 0.717) is 30.0 Å². The summed E-state index contributed by atoms with van der Waals surface area (Å²) in [6, 6.07) is -0.317. The first kappa shape index (κ1) is 12.4. The molecule has 0 aromatic heterocycles. The normalized spacial score (nSPS) is 39.4. The van der Waals surface area contributed by atoms with Gasteiger partial charge in [-0.3, -0.25) is 4.79 Å². The predicted octanol–water partition coefficient (Wildman–Crippen LogP) is 0.996. The van der Waals surface area contributed by atoms with Gasteiger partial charge in [-0.25, -0.2) is 0 Å². The summed E-state index contributed by atoms with van der Waals surface area (Å²) in [6.45, 7) is 5.97. The maximum absolute atomic E-state index is 12.3. The number of nitrogens with zero attached hydrogens (tertiary/aromatic N) is 1. The highest BCUT2D eigenvalue weighted by Crippen LogP contribution is 2.47. The van der Waals surface area contributed by atoms with Crippen LogP contribution in [0.15, 0.2) is 0 Å². The van der Waals surface area contributed by atoms with Gasteiger partial charge in [-0.05, 0) is 25.2 Å². The number of carbonyl (C=O) groups is 1. The van der Waals surface area contributed by atoms with Crippen LogP contribution in [-0.2, 0) is 9.53 Å². The molecule has 5 atom stereocenters. The molecule has 3 heterocycles. The quantitative estimate of drug-likeness (QED) is 0.815. The SMILES string of the molecule is CC(C)C[C@H](N)C(=O)N1CC2C3CCC(O3)C2C1. The van der Waals surface area contributed by atoms with Crippen molar-refractivity contribution in [3.63, 3.8) is 0 Å². The summed E-state index contributed by atoms with van der Waals surface area (Å²) in [5.41, 5.74) is 6.01. The van der Waals surface area contributed by atoms with Gasteiger partial charge in [-0.15, -0.1) is 0 Å². The van der Waals surface area contributed by atoms with Crippen molar-refractivity contribution in [2.75, 3.05) is 13.1 Å². The minimum Gasteiger partial charge on any atom is -0.374 e. The lowest BCUT2D eigenvalue weighted by molar-refractivity contribution is -0.132. The Hall–Kier alpha value is -0.610. The first-order valence-electron chi connectivity index (χ1n) is 7.26. The molecule has 2 N–H and O–H groups in total. The van der Waals surface area contributed by atoms with Crippen molar-refractivity contribution >= 4 is 5.91 Å². The average Bonchev–Trinajstić information content (AvgIpc) is 2.98. The lowest BCUT2D eigenvalue weighted by atomic mass is 9.82. The van der Waals surface area contributed by atoms with Crippen molar-refractivity contribution in [1.29, 1.82) is 0 Å². The molecule has 0 aromatic rings. The lowest BCUT2D eigenvalue weighted by Gasteiger charge is -2.23.